The normalized spacial score (nSPS) is 22.5. The van der Waals surface area contributed by atoms with Crippen LogP contribution in [-0.4, -0.2) is 56.0 Å². The minimum Gasteiger partial charge on any atom is -0.496 e. The quantitative estimate of drug-likeness (QED) is 0.851. The van der Waals surface area contributed by atoms with Gasteiger partial charge in [0.05, 0.1) is 20.3 Å². The third-order valence-corrected chi connectivity index (χ3v) is 5.83. The summed E-state index contributed by atoms with van der Waals surface area (Å²) in [5.74, 6) is 2.81. The molecule has 7 nitrogen and oxygen atoms in total. The Balaban J connectivity index is 1.62. The Labute approximate surface area is 165 Å². The molecule has 0 radical (unpaired) electrons. The number of morpholine rings is 1. The van der Waals surface area contributed by atoms with Gasteiger partial charge in [-0.1, -0.05) is 25.1 Å². The number of aromatic amines is 1. The van der Waals surface area contributed by atoms with Crippen LogP contribution >= 0.6 is 0 Å². The average molecular weight is 384 g/mol. The molecule has 2 aliphatic rings. The molecule has 28 heavy (non-hydrogen) atoms. The summed E-state index contributed by atoms with van der Waals surface area (Å²) in [6, 6.07) is 9.99. The summed E-state index contributed by atoms with van der Waals surface area (Å²) in [5, 5.41) is 0. The highest BCUT2D eigenvalue weighted by molar-refractivity contribution is 5.46. The van der Waals surface area contributed by atoms with Crippen molar-refractivity contribution >= 4 is 11.8 Å². The molecule has 3 heterocycles. The Morgan fingerprint density at radius 2 is 2.04 bits per heavy atom. The summed E-state index contributed by atoms with van der Waals surface area (Å²) in [6.45, 7) is 6.01. The Hall–Kier alpha value is -2.54. The van der Waals surface area contributed by atoms with Crippen molar-refractivity contribution in [3.63, 3.8) is 0 Å². The number of hydrogen-bond acceptors (Lipinski definition) is 6. The van der Waals surface area contributed by atoms with Crippen molar-refractivity contribution in [1.82, 2.24) is 9.97 Å². The lowest BCUT2D eigenvalue weighted by atomic mass is 9.95. The molecule has 2 atom stereocenters. The van der Waals surface area contributed by atoms with Crippen LogP contribution < -0.4 is 20.1 Å². The molecule has 0 aliphatic carbocycles. The van der Waals surface area contributed by atoms with Crippen molar-refractivity contribution in [2.24, 2.45) is 5.92 Å². The number of nitrogens with one attached hydrogen (secondary N) is 1. The largest absolute Gasteiger partial charge is 0.496 e. The molecule has 0 spiro atoms. The summed E-state index contributed by atoms with van der Waals surface area (Å²) < 4.78 is 11.0. The summed E-state index contributed by atoms with van der Waals surface area (Å²) >= 11 is 0. The molecule has 0 saturated carbocycles. The molecule has 1 aromatic carbocycles. The number of hydrogen-bond donors (Lipinski definition) is 1. The zero-order valence-corrected chi connectivity index (χ0v) is 16.6. The van der Waals surface area contributed by atoms with E-state index in [4.69, 9.17) is 14.5 Å². The number of ether oxygens (including phenoxy) is 2. The van der Waals surface area contributed by atoms with Crippen LogP contribution in [0.1, 0.15) is 18.9 Å². The number of nitrogens with zero attached hydrogens (tertiary/aromatic N) is 3. The van der Waals surface area contributed by atoms with E-state index in [0.717, 1.165) is 44.0 Å². The van der Waals surface area contributed by atoms with Gasteiger partial charge in [0.2, 0.25) is 5.95 Å². The molecule has 2 saturated heterocycles. The molecule has 4 rings (SSSR count). The van der Waals surface area contributed by atoms with Gasteiger partial charge >= 0.3 is 0 Å². The number of para-hydroxylation sites is 1. The third-order valence-electron chi connectivity index (χ3n) is 5.83. The maximum absolute atomic E-state index is 12.4. The average Bonchev–Trinajstić information content (AvgIpc) is 3.09. The molecule has 0 unspecified atom stereocenters. The molecule has 2 aromatic rings. The van der Waals surface area contributed by atoms with Crippen LogP contribution in [0.15, 0.2) is 35.1 Å². The second-order valence-electron chi connectivity index (χ2n) is 7.57. The highest BCUT2D eigenvalue weighted by Crippen LogP contribution is 2.32. The number of anilines is 2. The van der Waals surface area contributed by atoms with Crippen molar-refractivity contribution in [2.75, 3.05) is 49.8 Å². The van der Waals surface area contributed by atoms with Crippen LogP contribution in [-0.2, 0) is 11.2 Å². The van der Waals surface area contributed by atoms with E-state index in [1.54, 1.807) is 13.2 Å². The highest BCUT2D eigenvalue weighted by atomic mass is 16.5. The van der Waals surface area contributed by atoms with Crippen molar-refractivity contribution in [2.45, 2.75) is 25.8 Å². The van der Waals surface area contributed by atoms with Gasteiger partial charge in [-0.05, 0) is 30.4 Å². The molecule has 0 amide bonds. The van der Waals surface area contributed by atoms with Crippen molar-refractivity contribution in [3.8, 4) is 5.75 Å². The van der Waals surface area contributed by atoms with Gasteiger partial charge < -0.3 is 19.3 Å². The van der Waals surface area contributed by atoms with Crippen LogP contribution in [0.25, 0.3) is 0 Å². The SMILES string of the molecule is COc1ccccc1C[C@@H]1[C@@H](C)CCN1c1nc(N2CCOCC2)cc(=O)[nH]1. The molecule has 7 heteroatoms. The first-order valence-corrected chi connectivity index (χ1v) is 9.98. The van der Waals surface area contributed by atoms with Crippen molar-refractivity contribution in [1.29, 1.82) is 0 Å². The fraction of sp³-hybridized carbons (Fsp3) is 0.524. The predicted octanol–water partition coefficient (Wildman–Crippen LogP) is 2.07. The predicted molar refractivity (Wildman–Crippen MR) is 110 cm³/mol. The lowest BCUT2D eigenvalue weighted by Gasteiger charge is -2.31. The first kappa shape index (κ1) is 18.8. The second-order valence-corrected chi connectivity index (χ2v) is 7.57. The van der Waals surface area contributed by atoms with Crippen LogP contribution in [0.4, 0.5) is 11.8 Å². The first-order valence-electron chi connectivity index (χ1n) is 9.98. The summed E-state index contributed by atoms with van der Waals surface area (Å²) in [4.78, 5) is 24.5. The van der Waals surface area contributed by atoms with E-state index in [2.05, 4.69) is 27.8 Å². The topological polar surface area (TPSA) is 70.7 Å². The van der Waals surface area contributed by atoms with Gasteiger partial charge in [0.15, 0.2) is 0 Å². The van der Waals surface area contributed by atoms with E-state index in [9.17, 15) is 4.79 Å². The van der Waals surface area contributed by atoms with E-state index in [1.807, 2.05) is 18.2 Å². The maximum atomic E-state index is 12.4. The molecule has 1 N–H and O–H groups in total. The van der Waals surface area contributed by atoms with E-state index >= 15 is 0 Å². The summed E-state index contributed by atoms with van der Waals surface area (Å²) in [5.41, 5.74) is 1.07. The van der Waals surface area contributed by atoms with Gasteiger partial charge in [-0.25, -0.2) is 0 Å². The maximum Gasteiger partial charge on any atom is 0.254 e. The van der Waals surface area contributed by atoms with E-state index in [0.29, 0.717) is 25.1 Å². The van der Waals surface area contributed by atoms with E-state index in [1.165, 1.54) is 5.56 Å². The molecule has 0 bridgehead atoms. The van der Waals surface area contributed by atoms with Gasteiger partial charge in [-0.3, -0.25) is 9.78 Å². The highest BCUT2D eigenvalue weighted by Gasteiger charge is 2.33. The van der Waals surface area contributed by atoms with E-state index in [-0.39, 0.29) is 11.6 Å². The summed E-state index contributed by atoms with van der Waals surface area (Å²) in [6.07, 6.45) is 1.93. The lowest BCUT2D eigenvalue weighted by molar-refractivity contribution is 0.122. The minimum absolute atomic E-state index is 0.109. The number of rotatable bonds is 5. The van der Waals surface area contributed by atoms with Gasteiger partial charge in [-0.15, -0.1) is 0 Å². The monoisotopic (exact) mass is 384 g/mol. The van der Waals surface area contributed by atoms with Gasteiger partial charge in [0.25, 0.3) is 5.56 Å². The Bertz CT molecular complexity index is 863. The van der Waals surface area contributed by atoms with Gasteiger partial charge in [0, 0.05) is 31.7 Å². The van der Waals surface area contributed by atoms with Crippen LogP contribution in [0, 0.1) is 5.92 Å². The van der Waals surface area contributed by atoms with Crippen LogP contribution in [0.5, 0.6) is 5.75 Å². The smallest absolute Gasteiger partial charge is 0.254 e. The lowest BCUT2D eigenvalue weighted by Crippen LogP contribution is -2.39. The van der Waals surface area contributed by atoms with Crippen molar-refractivity contribution < 1.29 is 9.47 Å². The molecular formula is C21H28N4O3. The Morgan fingerprint density at radius 1 is 1.25 bits per heavy atom. The zero-order valence-electron chi connectivity index (χ0n) is 16.6. The molecule has 2 aliphatic heterocycles. The number of benzene rings is 1. The van der Waals surface area contributed by atoms with Crippen molar-refractivity contribution in [3.05, 3.63) is 46.2 Å². The molecule has 2 fully saturated rings. The van der Waals surface area contributed by atoms with Gasteiger partial charge in [-0.2, -0.15) is 4.98 Å². The van der Waals surface area contributed by atoms with E-state index < -0.39 is 0 Å². The number of H-pyrrole nitrogens is 1. The minimum atomic E-state index is -0.109. The van der Waals surface area contributed by atoms with Gasteiger partial charge in [0.1, 0.15) is 11.6 Å². The first-order chi connectivity index (χ1) is 13.7. The Morgan fingerprint density at radius 3 is 2.82 bits per heavy atom. The fourth-order valence-corrected chi connectivity index (χ4v) is 4.20. The molecular weight excluding hydrogens is 356 g/mol. The fourth-order valence-electron chi connectivity index (χ4n) is 4.20. The number of methoxy groups -OCH3 is 1. The standard InChI is InChI=1S/C21H28N4O3/c1-15-7-8-25(17(15)13-16-5-3-4-6-18(16)27-2)21-22-19(14-20(26)23-21)24-9-11-28-12-10-24/h3-6,14-15,17H,7-13H2,1-2H3,(H,22,23,26)/t15-,17+/m0/s1. The third kappa shape index (κ3) is 3.85. The molecule has 1 aromatic heterocycles. The number of aromatic nitrogens is 2. The summed E-state index contributed by atoms with van der Waals surface area (Å²) in [7, 11) is 1.71. The van der Waals surface area contributed by atoms with Crippen LogP contribution in [0.2, 0.25) is 0 Å². The second kappa shape index (κ2) is 8.22. The molecule has 150 valence electrons. The van der Waals surface area contributed by atoms with Crippen LogP contribution in [0.3, 0.4) is 0 Å². The Kier molecular flexibility index (Phi) is 5.52. The zero-order chi connectivity index (χ0) is 19.5.